The van der Waals surface area contributed by atoms with Crippen molar-refractivity contribution in [2.45, 2.75) is 51.2 Å². The quantitative estimate of drug-likeness (QED) is 0.827. The molecule has 0 unspecified atom stereocenters. The van der Waals surface area contributed by atoms with Gasteiger partial charge in [-0.15, -0.1) is 0 Å². The highest BCUT2D eigenvalue weighted by Gasteiger charge is 2.36. The van der Waals surface area contributed by atoms with Gasteiger partial charge in [-0.05, 0) is 39.7 Å². The molecule has 1 aliphatic rings. The van der Waals surface area contributed by atoms with Crippen LogP contribution in [0.15, 0.2) is 18.2 Å². The van der Waals surface area contributed by atoms with Crippen molar-refractivity contribution in [1.82, 2.24) is 0 Å². The lowest BCUT2D eigenvalue weighted by Gasteiger charge is -2.39. The lowest BCUT2D eigenvalue weighted by Crippen LogP contribution is -2.46. The minimum Gasteiger partial charge on any atom is -0.460 e. The number of ether oxygens (including phenoxy) is 1. The fourth-order valence-electron chi connectivity index (χ4n) is 2.79. The number of hydrogen-bond acceptors (Lipinski definition) is 4. The van der Waals surface area contributed by atoms with Crippen LogP contribution >= 0.6 is 11.6 Å². The topological polar surface area (TPSA) is 77.4 Å². The van der Waals surface area contributed by atoms with Crippen LogP contribution in [0, 0.1) is 0 Å². The molecule has 1 aromatic carbocycles. The second-order valence-corrected chi connectivity index (χ2v) is 7.67. The van der Waals surface area contributed by atoms with Crippen molar-refractivity contribution in [1.29, 1.82) is 0 Å². The van der Waals surface area contributed by atoms with E-state index in [0.29, 0.717) is 31.0 Å². The van der Waals surface area contributed by atoms with Crippen LogP contribution in [-0.4, -0.2) is 35.4 Å². The summed E-state index contributed by atoms with van der Waals surface area (Å²) >= 11 is 6.27. The average molecular weight is 342 g/mol. The fourth-order valence-corrected chi connectivity index (χ4v) is 3.12. The maximum Gasteiger partial charge on any atom is 0.309 e. The minimum atomic E-state index is -1.00. The number of halogens is 1. The smallest absolute Gasteiger partial charge is 0.309 e. The number of carbonyl (C=O) groups is 1. The van der Waals surface area contributed by atoms with Crippen LogP contribution in [-0.2, 0) is 9.53 Å². The molecule has 1 aliphatic heterocycles. The zero-order chi connectivity index (χ0) is 17.3. The molecule has 0 saturated carbocycles. The van der Waals surface area contributed by atoms with E-state index in [1.807, 2.05) is 39.0 Å². The van der Waals surface area contributed by atoms with Gasteiger partial charge >= 0.3 is 5.97 Å². The summed E-state index contributed by atoms with van der Waals surface area (Å²) in [6.45, 7) is 6.77. The summed E-state index contributed by atoms with van der Waals surface area (Å²) in [5.74, 6) is -0.354. The van der Waals surface area contributed by atoms with E-state index >= 15 is 0 Å². The molecule has 128 valence electrons. The summed E-state index contributed by atoms with van der Waals surface area (Å²) in [6.07, 6.45) is 1.05. The molecular weight excluding hydrogens is 316 g/mol. The van der Waals surface area contributed by atoms with Gasteiger partial charge in [-0.3, -0.25) is 4.79 Å². The highest BCUT2D eigenvalue weighted by molar-refractivity contribution is 6.33. The molecule has 4 N–H and O–H groups in total. The lowest BCUT2D eigenvalue weighted by atomic mass is 9.88. The third kappa shape index (κ3) is 5.09. The first-order valence-electron chi connectivity index (χ1n) is 7.89. The highest BCUT2D eigenvalue weighted by Crippen LogP contribution is 2.33. The number of benzene rings is 1. The largest absolute Gasteiger partial charge is 0.460 e. The summed E-state index contributed by atoms with van der Waals surface area (Å²) in [5.41, 5.74) is 4.14. The fraction of sp³-hybridized carbons (Fsp3) is 0.588. The Morgan fingerprint density at radius 3 is 2.52 bits per heavy atom. The number of quaternary nitrogens is 1. The molecule has 2 rings (SSSR count). The number of carbonyl (C=O) groups excluding carboxylic acids is 1. The Morgan fingerprint density at radius 1 is 1.39 bits per heavy atom. The van der Waals surface area contributed by atoms with Gasteiger partial charge in [0.15, 0.2) is 0 Å². The van der Waals surface area contributed by atoms with Crippen molar-refractivity contribution in [2.24, 2.45) is 0 Å². The predicted molar refractivity (Wildman–Crippen MR) is 90.9 cm³/mol. The van der Waals surface area contributed by atoms with E-state index in [2.05, 4.69) is 10.6 Å². The average Bonchev–Trinajstić information content (AvgIpc) is 2.37. The Labute approximate surface area is 142 Å². The Hall–Kier alpha value is -1.30. The van der Waals surface area contributed by atoms with Crippen molar-refractivity contribution >= 4 is 28.9 Å². The van der Waals surface area contributed by atoms with Crippen molar-refractivity contribution in [3.63, 3.8) is 0 Å². The van der Waals surface area contributed by atoms with E-state index in [4.69, 9.17) is 16.3 Å². The zero-order valence-electron chi connectivity index (χ0n) is 14.1. The van der Waals surface area contributed by atoms with E-state index in [0.717, 1.165) is 11.4 Å². The van der Waals surface area contributed by atoms with E-state index < -0.39 is 11.2 Å². The molecule has 0 aliphatic carbocycles. The molecule has 23 heavy (non-hydrogen) atoms. The van der Waals surface area contributed by atoms with E-state index in [1.54, 1.807) is 0 Å². The molecule has 0 aromatic heterocycles. The predicted octanol–water partition coefficient (Wildman–Crippen LogP) is 2.28. The van der Waals surface area contributed by atoms with E-state index in [9.17, 15) is 9.90 Å². The van der Waals surface area contributed by atoms with Gasteiger partial charge in [0.05, 0.1) is 22.7 Å². The molecule has 0 atom stereocenters. The van der Waals surface area contributed by atoms with Crippen molar-refractivity contribution in [3.05, 3.63) is 23.2 Å². The second-order valence-electron chi connectivity index (χ2n) is 7.26. The van der Waals surface area contributed by atoms with Crippen molar-refractivity contribution in [2.75, 3.05) is 18.0 Å². The molecule has 0 amide bonds. The monoisotopic (exact) mass is 341 g/mol. The van der Waals surface area contributed by atoms with Crippen LogP contribution in [0.25, 0.3) is 0 Å². The molecule has 1 heterocycles. The summed E-state index contributed by atoms with van der Waals surface area (Å²) in [5, 5.41) is 11.3. The molecule has 1 fully saturated rings. The van der Waals surface area contributed by atoms with Crippen LogP contribution in [0.5, 0.6) is 0 Å². The first-order chi connectivity index (χ1) is 10.6. The van der Waals surface area contributed by atoms with Gasteiger partial charge in [-0.25, -0.2) is 0 Å². The highest BCUT2D eigenvalue weighted by atomic mass is 35.5. The van der Waals surface area contributed by atoms with Crippen molar-refractivity contribution < 1.29 is 20.4 Å². The Morgan fingerprint density at radius 2 is 2.00 bits per heavy atom. The second kappa shape index (κ2) is 6.67. The number of hydrogen-bond donors (Lipinski definition) is 2. The maximum absolute atomic E-state index is 12.0. The summed E-state index contributed by atoms with van der Waals surface area (Å²) in [7, 11) is 0. The maximum atomic E-state index is 12.0. The van der Waals surface area contributed by atoms with E-state index in [1.165, 1.54) is 0 Å². The third-order valence-corrected chi connectivity index (χ3v) is 4.24. The first kappa shape index (κ1) is 18.0. The van der Waals surface area contributed by atoms with Crippen LogP contribution in [0.3, 0.4) is 0 Å². The number of rotatable bonds is 3. The molecule has 0 spiro atoms. The number of aliphatic hydroxyl groups is 1. The van der Waals surface area contributed by atoms with Crippen LogP contribution < -0.4 is 10.6 Å². The van der Waals surface area contributed by atoms with Gasteiger partial charge in [-0.1, -0.05) is 11.6 Å². The standard InChI is InChI=1S/C17H25ClN2O3/c1-16(2,3)23-15(21)11-17(22)6-8-20(9-7-17)14-5-4-12(19)10-13(14)18/h4-5,10,22H,6-9,11,19H2,1-3H3/p+1. The summed E-state index contributed by atoms with van der Waals surface area (Å²) in [6, 6.07) is 5.70. The first-order valence-corrected chi connectivity index (χ1v) is 8.26. The van der Waals surface area contributed by atoms with Gasteiger partial charge in [-0.2, -0.15) is 0 Å². The Bertz CT molecular complexity index is 576. The van der Waals surface area contributed by atoms with Gasteiger partial charge in [0.1, 0.15) is 11.3 Å². The Balaban J connectivity index is 1.95. The summed E-state index contributed by atoms with van der Waals surface area (Å²) in [4.78, 5) is 14.1. The van der Waals surface area contributed by atoms with Crippen LogP contribution in [0.1, 0.15) is 40.0 Å². The number of piperidine rings is 1. The SMILES string of the molecule is CC(C)(C)OC(=O)CC1(O)CCN(c2ccc([NH3+])cc2Cl)CC1. The van der Waals surface area contributed by atoms with Gasteiger partial charge in [0.25, 0.3) is 0 Å². The van der Waals surface area contributed by atoms with Gasteiger partial charge in [0, 0.05) is 25.2 Å². The minimum absolute atomic E-state index is 0.0314. The third-order valence-electron chi connectivity index (χ3n) is 3.94. The molecule has 0 bridgehead atoms. The number of nitrogens with zero attached hydrogens (tertiary/aromatic N) is 1. The molecule has 5 nitrogen and oxygen atoms in total. The normalized spacial score (nSPS) is 17.9. The van der Waals surface area contributed by atoms with Gasteiger partial charge < -0.3 is 20.5 Å². The molecule has 0 radical (unpaired) electrons. The number of esters is 1. The molecule has 1 aromatic rings. The zero-order valence-corrected chi connectivity index (χ0v) is 14.8. The van der Waals surface area contributed by atoms with Gasteiger partial charge in [0.2, 0.25) is 0 Å². The molecule has 6 heteroatoms. The number of anilines is 1. The Kier molecular flexibility index (Phi) is 5.23. The molecular formula is C17H26ClN2O3+. The summed E-state index contributed by atoms with van der Waals surface area (Å²) < 4.78 is 5.31. The van der Waals surface area contributed by atoms with Crippen LogP contribution in [0.4, 0.5) is 11.4 Å². The van der Waals surface area contributed by atoms with E-state index in [-0.39, 0.29) is 12.4 Å². The molecule has 1 saturated heterocycles. The van der Waals surface area contributed by atoms with Crippen LogP contribution in [0.2, 0.25) is 5.02 Å². The van der Waals surface area contributed by atoms with Crippen molar-refractivity contribution in [3.8, 4) is 0 Å². The lowest BCUT2D eigenvalue weighted by molar-refractivity contribution is -0.254.